The van der Waals surface area contributed by atoms with Gasteiger partial charge in [0.15, 0.2) is 0 Å². The predicted octanol–water partition coefficient (Wildman–Crippen LogP) is 5.42. The van der Waals surface area contributed by atoms with Crippen LogP contribution in [0.4, 0.5) is 0 Å². The van der Waals surface area contributed by atoms with Gasteiger partial charge >= 0.3 is 0 Å². The van der Waals surface area contributed by atoms with Gasteiger partial charge in [0.2, 0.25) is 0 Å². The van der Waals surface area contributed by atoms with Gasteiger partial charge in [-0.05, 0) is 39.4 Å². The van der Waals surface area contributed by atoms with Crippen molar-refractivity contribution in [2.75, 3.05) is 38.9 Å². The Kier molecular flexibility index (Phi) is 7.94. The van der Waals surface area contributed by atoms with E-state index < -0.39 is 14.3 Å². The molecule has 0 aromatic heterocycles. The molecule has 0 aliphatic carbocycles. The average Bonchev–Trinajstić information content (AvgIpc) is 2.17. The van der Waals surface area contributed by atoms with Crippen LogP contribution in [0.5, 0.6) is 0 Å². The molecule has 0 rings (SSSR count). The van der Waals surface area contributed by atoms with Gasteiger partial charge in [-0.15, -0.1) is 0 Å². The summed E-state index contributed by atoms with van der Waals surface area (Å²) in [7, 11) is -0.394. The van der Waals surface area contributed by atoms with E-state index in [-0.39, 0.29) is 0 Å². The van der Waals surface area contributed by atoms with Gasteiger partial charge in [0.05, 0.1) is 7.21 Å². The molecule has 0 spiro atoms. The van der Waals surface area contributed by atoms with Crippen LogP contribution in [0.1, 0.15) is 40.0 Å². The summed E-state index contributed by atoms with van der Waals surface area (Å²) in [5.41, 5.74) is 0. The Bertz CT molecular complexity index is 279. The summed E-state index contributed by atoms with van der Waals surface area (Å²) in [6.45, 7) is 11.5. The van der Waals surface area contributed by atoms with Crippen LogP contribution in [0.2, 0.25) is 0 Å². The first-order valence-corrected chi connectivity index (χ1v) is 11.4. The lowest BCUT2D eigenvalue weighted by Gasteiger charge is -2.24. The van der Waals surface area contributed by atoms with Crippen molar-refractivity contribution in [3.63, 3.8) is 0 Å². The summed E-state index contributed by atoms with van der Waals surface area (Å²) >= 11 is 0. The van der Waals surface area contributed by atoms with Crippen molar-refractivity contribution < 1.29 is 0 Å². The fourth-order valence-corrected chi connectivity index (χ4v) is 10.3. The number of hydrogen-bond acceptors (Lipinski definition) is 1. The first kappa shape index (κ1) is 16.5. The minimum absolute atomic E-state index is 1.06. The van der Waals surface area contributed by atoms with Crippen LogP contribution in [-0.4, -0.2) is 38.9 Å². The summed E-state index contributed by atoms with van der Waals surface area (Å²) in [4.78, 5) is 0. The molecule has 0 aromatic carbocycles. The summed E-state index contributed by atoms with van der Waals surface area (Å²) in [5, 5.41) is 0. The van der Waals surface area contributed by atoms with E-state index in [1.807, 2.05) is 7.05 Å². The van der Waals surface area contributed by atoms with Crippen LogP contribution in [-0.2, 0) is 0 Å². The first-order valence-electron chi connectivity index (χ1n) is 6.51. The largest absolute Gasteiger partial charge is 0.284 e. The predicted molar refractivity (Wildman–Crippen MR) is 81.9 cm³/mol. The first-order chi connectivity index (χ1) is 7.45. The van der Waals surface area contributed by atoms with E-state index in [0.717, 1.165) is 0 Å². The minimum Gasteiger partial charge on any atom is -0.284 e. The molecule has 4 heteroatoms. The van der Waals surface area contributed by atoms with Crippen molar-refractivity contribution in [2.24, 2.45) is 9.26 Å². The van der Waals surface area contributed by atoms with Crippen LogP contribution in [0.15, 0.2) is 9.26 Å². The molecule has 0 aliphatic heterocycles. The highest BCUT2D eigenvalue weighted by molar-refractivity contribution is 7.76. The fourth-order valence-electron chi connectivity index (χ4n) is 2.20. The van der Waals surface area contributed by atoms with Crippen molar-refractivity contribution >= 4 is 14.3 Å². The molecule has 0 bridgehead atoms. The number of rotatable bonds is 7. The van der Waals surface area contributed by atoms with Crippen LogP contribution in [0.3, 0.4) is 0 Å². The van der Waals surface area contributed by atoms with Crippen molar-refractivity contribution in [3.05, 3.63) is 0 Å². The standard InChI is InChI=1S/C12H30N2P2/c1-7-10-15(5,6)14-16(13-4,11-8-2)12-9-3/h7-12H2,1-6H3. The molecule has 0 aromatic rings. The van der Waals surface area contributed by atoms with Gasteiger partial charge in [-0.25, -0.2) is 0 Å². The van der Waals surface area contributed by atoms with Gasteiger partial charge in [0.1, 0.15) is 0 Å². The summed E-state index contributed by atoms with van der Waals surface area (Å²) in [6.07, 6.45) is 7.44. The molecule has 0 radical (unpaired) electrons. The normalized spacial score (nSPS) is 12.6. The van der Waals surface area contributed by atoms with E-state index in [4.69, 9.17) is 9.26 Å². The summed E-state index contributed by atoms with van der Waals surface area (Å²) < 4.78 is 10.0. The van der Waals surface area contributed by atoms with E-state index in [0.29, 0.717) is 0 Å². The van der Waals surface area contributed by atoms with E-state index in [9.17, 15) is 0 Å². The number of hydrogen-bond donors (Lipinski definition) is 0. The van der Waals surface area contributed by atoms with Crippen molar-refractivity contribution in [3.8, 4) is 0 Å². The lowest BCUT2D eigenvalue weighted by Crippen LogP contribution is -1.94. The summed E-state index contributed by atoms with van der Waals surface area (Å²) in [6, 6.07) is 0. The maximum absolute atomic E-state index is 5.28. The molecule has 0 amide bonds. The Morgan fingerprint density at radius 3 is 1.56 bits per heavy atom. The Morgan fingerprint density at radius 1 is 0.812 bits per heavy atom. The zero-order valence-electron chi connectivity index (χ0n) is 12.0. The van der Waals surface area contributed by atoms with Gasteiger partial charge in [0.25, 0.3) is 0 Å². The molecule has 0 aliphatic rings. The Labute approximate surface area is 103 Å². The van der Waals surface area contributed by atoms with E-state index >= 15 is 0 Å². The fraction of sp³-hybridized carbons (Fsp3) is 1.00. The van der Waals surface area contributed by atoms with Crippen molar-refractivity contribution in [2.45, 2.75) is 40.0 Å². The lowest BCUT2D eigenvalue weighted by atomic mass is 10.6. The van der Waals surface area contributed by atoms with Gasteiger partial charge in [0, 0.05) is 19.4 Å². The third-order valence-corrected chi connectivity index (χ3v) is 10.6. The smallest absolute Gasteiger partial charge is 0.0720 e. The van der Waals surface area contributed by atoms with Gasteiger partial charge in [-0.1, -0.05) is 27.2 Å². The van der Waals surface area contributed by atoms with Gasteiger partial charge < -0.3 is 0 Å². The molecule has 0 unspecified atom stereocenters. The molecule has 0 atom stereocenters. The van der Waals surface area contributed by atoms with Crippen LogP contribution in [0, 0.1) is 0 Å². The quantitative estimate of drug-likeness (QED) is 0.548. The van der Waals surface area contributed by atoms with E-state index in [1.165, 1.54) is 37.7 Å². The zero-order valence-corrected chi connectivity index (χ0v) is 13.8. The van der Waals surface area contributed by atoms with Crippen LogP contribution >= 0.6 is 14.3 Å². The van der Waals surface area contributed by atoms with Crippen LogP contribution < -0.4 is 0 Å². The highest BCUT2D eigenvalue weighted by Gasteiger charge is 2.18. The molecule has 0 heterocycles. The molecule has 2 nitrogen and oxygen atoms in total. The second-order valence-corrected chi connectivity index (χ2v) is 12.4. The lowest BCUT2D eigenvalue weighted by molar-refractivity contribution is 1.03. The van der Waals surface area contributed by atoms with Gasteiger partial charge in [-0.2, -0.15) is 0 Å². The van der Waals surface area contributed by atoms with Crippen molar-refractivity contribution in [1.29, 1.82) is 0 Å². The molecular weight excluding hydrogens is 234 g/mol. The van der Waals surface area contributed by atoms with Gasteiger partial charge in [-0.3, -0.25) is 9.26 Å². The maximum atomic E-state index is 5.28. The second-order valence-electron chi connectivity index (χ2n) is 4.96. The molecule has 16 heavy (non-hydrogen) atoms. The van der Waals surface area contributed by atoms with E-state index in [2.05, 4.69) is 34.1 Å². The summed E-state index contributed by atoms with van der Waals surface area (Å²) in [5.74, 6) is 0. The Hall–Kier alpha value is 0.460. The zero-order chi connectivity index (χ0) is 12.7. The van der Waals surface area contributed by atoms with Crippen LogP contribution in [0.25, 0.3) is 0 Å². The molecule has 0 N–H and O–H groups in total. The third-order valence-electron chi connectivity index (χ3n) is 2.72. The van der Waals surface area contributed by atoms with E-state index in [1.54, 1.807) is 0 Å². The van der Waals surface area contributed by atoms with Crippen molar-refractivity contribution in [1.82, 2.24) is 0 Å². The third kappa shape index (κ3) is 5.69. The maximum Gasteiger partial charge on any atom is 0.0720 e. The monoisotopic (exact) mass is 264 g/mol. The molecule has 98 valence electrons. The number of nitrogens with zero attached hydrogens (tertiary/aromatic N) is 2. The molecule has 0 fully saturated rings. The topological polar surface area (TPSA) is 24.7 Å². The highest BCUT2D eigenvalue weighted by atomic mass is 31.2. The molecule has 0 saturated heterocycles. The Balaban J connectivity index is 5.19. The molecule has 0 saturated carbocycles. The minimum atomic E-state index is -1.33. The average molecular weight is 264 g/mol. The highest BCUT2D eigenvalue weighted by Crippen LogP contribution is 2.61. The Morgan fingerprint density at radius 2 is 1.25 bits per heavy atom. The SMILES string of the molecule is CCCP(C)(C)=NP(CCC)(CCC)=NC. The second kappa shape index (κ2) is 7.72. The molecular formula is C12H30N2P2.